The predicted molar refractivity (Wildman–Crippen MR) is 90.1 cm³/mol. The molecule has 0 saturated carbocycles. The Hall–Kier alpha value is -2.37. The van der Waals surface area contributed by atoms with Crippen molar-refractivity contribution in [1.82, 2.24) is 0 Å². The summed E-state index contributed by atoms with van der Waals surface area (Å²) in [7, 11) is 0. The molecule has 0 aromatic heterocycles. The van der Waals surface area contributed by atoms with Gasteiger partial charge in [-0.3, -0.25) is 0 Å². The van der Waals surface area contributed by atoms with Gasteiger partial charge in [-0.2, -0.15) is 0 Å². The summed E-state index contributed by atoms with van der Waals surface area (Å²) in [6.45, 7) is 7.80. The fourth-order valence-electron chi connectivity index (χ4n) is 3.08. The molecule has 2 aromatic carbocycles. The van der Waals surface area contributed by atoms with Gasteiger partial charge < -0.3 is 14.8 Å². The van der Waals surface area contributed by atoms with Crippen LogP contribution < -0.4 is 14.8 Å². The summed E-state index contributed by atoms with van der Waals surface area (Å²) >= 11 is 0. The minimum Gasteiger partial charge on any atom is -0.485 e. The Kier molecular flexibility index (Phi) is 4.09. The van der Waals surface area contributed by atoms with Gasteiger partial charge in [-0.15, -0.1) is 13.2 Å². The van der Waals surface area contributed by atoms with E-state index in [0.29, 0.717) is 0 Å². The molecule has 1 aliphatic heterocycles. The highest BCUT2D eigenvalue weighted by Crippen LogP contribution is 2.48. The van der Waals surface area contributed by atoms with Gasteiger partial charge in [0, 0.05) is 5.56 Å². The molecular formula is C19H20F3NO2. The lowest BCUT2D eigenvalue weighted by Gasteiger charge is -2.28. The molecule has 1 heterocycles. The molecule has 134 valence electrons. The van der Waals surface area contributed by atoms with E-state index in [2.05, 4.69) is 10.1 Å². The number of para-hydroxylation sites is 2. The van der Waals surface area contributed by atoms with E-state index in [1.165, 1.54) is 12.1 Å². The Morgan fingerprint density at radius 2 is 1.76 bits per heavy atom. The molecule has 0 bridgehead atoms. The van der Waals surface area contributed by atoms with Crippen molar-refractivity contribution in [3.8, 4) is 11.5 Å². The number of hydrogen-bond donors (Lipinski definition) is 1. The van der Waals surface area contributed by atoms with E-state index in [1.807, 2.05) is 39.8 Å². The number of alkyl halides is 3. The average Bonchev–Trinajstić information content (AvgIpc) is 2.75. The highest BCUT2D eigenvalue weighted by molar-refractivity contribution is 5.61. The van der Waals surface area contributed by atoms with Crippen LogP contribution in [0.5, 0.6) is 11.5 Å². The number of hydrogen-bond acceptors (Lipinski definition) is 3. The molecule has 2 aromatic rings. The molecule has 0 spiro atoms. The number of aryl methyl sites for hydroxylation is 1. The summed E-state index contributed by atoms with van der Waals surface area (Å²) in [5.41, 5.74) is 2.72. The maximum Gasteiger partial charge on any atom is 0.573 e. The fraction of sp³-hybridized carbons (Fsp3) is 0.368. The maximum atomic E-state index is 12.6. The number of nitrogens with one attached hydrogen (secondary N) is 1. The molecule has 3 nitrogen and oxygen atoms in total. The summed E-state index contributed by atoms with van der Waals surface area (Å²) in [6, 6.07) is 9.67. The molecule has 25 heavy (non-hydrogen) atoms. The first-order chi connectivity index (χ1) is 11.6. The van der Waals surface area contributed by atoms with Gasteiger partial charge in [0.05, 0.1) is 11.7 Å². The molecule has 6 heteroatoms. The van der Waals surface area contributed by atoms with E-state index in [9.17, 15) is 13.2 Å². The van der Waals surface area contributed by atoms with E-state index >= 15 is 0 Å². The average molecular weight is 351 g/mol. The van der Waals surface area contributed by atoms with Crippen LogP contribution in [0, 0.1) is 13.8 Å². The molecule has 1 atom stereocenters. The van der Waals surface area contributed by atoms with Crippen LogP contribution >= 0.6 is 0 Å². The standard InChI is InChI=1S/C19H20F3NO2/c1-11-9-10-13-16(12(11)2)25-18(3,4)17(13)23-14-7-5-6-8-15(14)24-19(20,21)22/h5-10,17,23H,1-4H3. The predicted octanol–water partition coefficient (Wildman–Crippen LogP) is 5.53. The largest absolute Gasteiger partial charge is 0.573 e. The molecule has 0 saturated heterocycles. The van der Waals surface area contributed by atoms with Gasteiger partial charge in [0.1, 0.15) is 11.4 Å². The SMILES string of the molecule is Cc1ccc2c(c1C)OC(C)(C)C2Nc1ccccc1OC(F)(F)F. The second-order valence-corrected chi connectivity index (χ2v) is 6.75. The molecule has 0 fully saturated rings. The zero-order valence-electron chi connectivity index (χ0n) is 14.5. The summed E-state index contributed by atoms with van der Waals surface area (Å²) in [5, 5.41) is 3.18. The van der Waals surface area contributed by atoms with E-state index in [1.54, 1.807) is 12.1 Å². The van der Waals surface area contributed by atoms with Crippen molar-refractivity contribution in [2.24, 2.45) is 0 Å². The van der Waals surface area contributed by atoms with Crippen molar-refractivity contribution < 1.29 is 22.6 Å². The van der Waals surface area contributed by atoms with E-state index in [0.717, 1.165) is 22.4 Å². The molecule has 0 radical (unpaired) electrons. The normalized spacial score (nSPS) is 18.4. The Morgan fingerprint density at radius 1 is 1.08 bits per heavy atom. The summed E-state index contributed by atoms with van der Waals surface area (Å²) in [4.78, 5) is 0. The summed E-state index contributed by atoms with van der Waals surface area (Å²) in [5.74, 6) is 0.528. The van der Waals surface area contributed by atoms with Crippen LogP contribution in [0.2, 0.25) is 0 Å². The summed E-state index contributed by atoms with van der Waals surface area (Å²) < 4.78 is 48.2. The minimum absolute atomic E-state index is 0.261. The van der Waals surface area contributed by atoms with Crippen LogP contribution in [0.4, 0.5) is 18.9 Å². The van der Waals surface area contributed by atoms with Crippen molar-refractivity contribution in [1.29, 1.82) is 0 Å². The molecule has 1 N–H and O–H groups in total. The van der Waals surface area contributed by atoms with Crippen LogP contribution in [0.25, 0.3) is 0 Å². The second-order valence-electron chi connectivity index (χ2n) is 6.75. The Bertz CT molecular complexity index is 800. The topological polar surface area (TPSA) is 30.5 Å². The first kappa shape index (κ1) is 17.5. The smallest absolute Gasteiger partial charge is 0.485 e. The zero-order chi connectivity index (χ0) is 18.4. The van der Waals surface area contributed by atoms with Gasteiger partial charge in [0.25, 0.3) is 0 Å². The quantitative estimate of drug-likeness (QED) is 0.789. The van der Waals surface area contributed by atoms with Crippen LogP contribution in [-0.4, -0.2) is 12.0 Å². The lowest BCUT2D eigenvalue weighted by atomic mass is 9.92. The van der Waals surface area contributed by atoms with Crippen LogP contribution in [0.1, 0.15) is 36.6 Å². The lowest BCUT2D eigenvalue weighted by molar-refractivity contribution is -0.274. The number of ether oxygens (including phenoxy) is 2. The second kappa shape index (κ2) is 5.86. The van der Waals surface area contributed by atoms with Crippen molar-refractivity contribution in [2.45, 2.75) is 45.7 Å². The third-order valence-electron chi connectivity index (χ3n) is 4.49. The monoisotopic (exact) mass is 351 g/mol. The van der Waals surface area contributed by atoms with E-state index < -0.39 is 12.0 Å². The first-order valence-corrected chi connectivity index (χ1v) is 7.99. The minimum atomic E-state index is -4.74. The highest BCUT2D eigenvalue weighted by atomic mass is 19.4. The van der Waals surface area contributed by atoms with Crippen molar-refractivity contribution in [2.75, 3.05) is 5.32 Å². The van der Waals surface area contributed by atoms with Gasteiger partial charge in [-0.1, -0.05) is 24.3 Å². The van der Waals surface area contributed by atoms with Gasteiger partial charge in [0.15, 0.2) is 5.75 Å². The number of fused-ring (bicyclic) bond motifs is 1. The molecule has 0 amide bonds. The highest BCUT2D eigenvalue weighted by Gasteiger charge is 2.42. The molecule has 1 aliphatic rings. The number of anilines is 1. The van der Waals surface area contributed by atoms with Crippen molar-refractivity contribution in [3.63, 3.8) is 0 Å². The van der Waals surface area contributed by atoms with Crippen LogP contribution in [0.3, 0.4) is 0 Å². The van der Waals surface area contributed by atoms with Gasteiger partial charge in [0.2, 0.25) is 0 Å². The third kappa shape index (κ3) is 3.38. The van der Waals surface area contributed by atoms with Crippen LogP contribution in [-0.2, 0) is 0 Å². The number of rotatable bonds is 3. The maximum absolute atomic E-state index is 12.6. The van der Waals surface area contributed by atoms with Gasteiger partial charge >= 0.3 is 6.36 Å². The lowest BCUT2D eigenvalue weighted by Crippen LogP contribution is -2.35. The van der Waals surface area contributed by atoms with Crippen molar-refractivity contribution >= 4 is 5.69 Å². The molecule has 0 aliphatic carbocycles. The Morgan fingerprint density at radius 3 is 2.44 bits per heavy atom. The third-order valence-corrected chi connectivity index (χ3v) is 4.49. The number of halogens is 3. The fourth-order valence-corrected chi connectivity index (χ4v) is 3.08. The first-order valence-electron chi connectivity index (χ1n) is 7.99. The zero-order valence-corrected chi connectivity index (χ0v) is 14.5. The van der Waals surface area contributed by atoms with Gasteiger partial charge in [-0.05, 0) is 51.0 Å². The van der Waals surface area contributed by atoms with Crippen LogP contribution in [0.15, 0.2) is 36.4 Å². The van der Waals surface area contributed by atoms with E-state index in [4.69, 9.17) is 4.74 Å². The van der Waals surface area contributed by atoms with Crippen molar-refractivity contribution in [3.05, 3.63) is 53.1 Å². The molecular weight excluding hydrogens is 331 g/mol. The molecule has 3 rings (SSSR count). The summed E-state index contributed by atoms with van der Waals surface area (Å²) in [6.07, 6.45) is -4.74. The Balaban J connectivity index is 1.98. The molecule has 1 unspecified atom stereocenters. The number of benzene rings is 2. The Labute approximate surface area is 144 Å². The van der Waals surface area contributed by atoms with E-state index in [-0.39, 0.29) is 17.5 Å². The van der Waals surface area contributed by atoms with Gasteiger partial charge in [-0.25, -0.2) is 0 Å².